The lowest BCUT2D eigenvalue weighted by Gasteiger charge is -2.32. The van der Waals surface area contributed by atoms with E-state index in [1.54, 1.807) is 25.1 Å². The van der Waals surface area contributed by atoms with E-state index in [2.05, 4.69) is 21.2 Å². The monoisotopic (exact) mass is 639 g/mol. The molecule has 1 N–H and O–H groups in total. The second-order valence-electron chi connectivity index (χ2n) is 8.91. The van der Waals surface area contributed by atoms with Crippen molar-refractivity contribution in [3.8, 4) is 0 Å². The maximum absolute atomic E-state index is 13.8. The maximum atomic E-state index is 13.8. The molecule has 1 atom stereocenters. The van der Waals surface area contributed by atoms with Gasteiger partial charge in [-0.1, -0.05) is 69.5 Å². The second-order valence-corrected chi connectivity index (χ2v) is 12.5. The van der Waals surface area contributed by atoms with E-state index in [1.807, 2.05) is 38.1 Å². The zero-order valence-electron chi connectivity index (χ0n) is 21.1. The first-order valence-electron chi connectivity index (χ1n) is 11.8. The summed E-state index contributed by atoms with van der Waals surface area (Å²) < 4.78 is 29.3. The summed E-state index contributed by atoms with van der Waals surface area (Å²) in [5.74, 6) is -0.933. The minimum atomic E-state index is -4.21. The van der Waals surface area contributed by atoms with Gasteiger partial charge in [-0.2, -0.15) is 0 Å². The third-order valence-electron chi connectivity index (χ3n) is 5.65. The van der Waals surface area contributed by atoms with Gasteiger partial charge in [0, 0.05) is 22.1 Å². The molecular formula is C27H28BrCl2N3O4S. The van der Waals surface area contributed by atoms with Crippen LogP contribution in [0.15, 0.2) is 82.2 Å². The number of carbonyl (C=O) groups is 2. The molecule has 38 heavy (non-hydrogen) atoms. The zero-order valence-corrected chi connectivity index (χ0v) is 25.0. The van der Waals surface area contributed by atoms with E-state index in [-0.39, 0.29) is 34.1 Å². The summed E-state index contributed by atoms with van der Waals surface area (Å²) in [6.07, 6.45) is 0. The lowest BCUT2D eigenvalue weighted by atomic mass is 10.1. The Morgan fingerprint density at radius 1 is 0.947 bits per heavy atom. The molecule has 0 radical (unpaired) electrons. The van der Waals surface area contributed by atoms with Crippen molar-refractivity contribution in [1.82, 2.24) is 10.2 Å². The molecule has 0 saturated carbocycles. The molecule has 202 valence electrons. The van der Waals surface area contributed by atoms with Crippen LogP contribution in [0.25, 0.3) is 0 Å². The summed E-state index contributed by atoms with van der Waals surface area (Å²) in [5, 5.41) is 3.20. The molecular weight excluding hydrogens is 613 g/mol. The summed E-state index contributed by atoms with van der Waals surface area (Å²) in [5.41, 5.74) is 0.865. The van der Waals surface area contributed by atoms with Crippen LogP contribution in [0.2, 0.25) is 10.0 Å². The molecule has 3 rings (SSSR count). The Hall–Kier alpha value is -2.59. The fourth-order valence-corrected chi connectivity index (χ4v) is 5.97. The lowest BCUT2D eigenvalue weighted by Crippen LogP contribution is -2.52. The van der Waals surface area contributed by atoms with Gasteiger partial charge >= 0.3 is 0 Å². The first-order chi connectivity index (χ1) is 17.9. The average molecular weight is 641 g/mol. The number of hydrogen-bond donors (Lipinski definition) is 1. The summed E-state index contributed by atoms with van der Waals surface area (Å²) >= 11 is 15.9. The molecule has 0 heterocycles. The van der Waals surface area contributed by atoms with Crippen molar-refractivity contribution in [1.29, 1.82) is 0 Å². The summed E-state index contributed by atoms with van der Waals surface area (Å²) in [7, 11) is -4.21. The topological polar surface area (TPSA) is 86.8 Å². The van der Waals surface area contributed by atoms with Crippen molar-refractivity contribution < 1.29 is 18.0 Å². The summed E-state index contributed by atoms with van der Waals surface area (Å²) in [6, 6.07) is 18.4. The van der Waals surface area contributed by atoms with Crippen molar-refractivity contribution in [2.24, 2.45) is 0 Å². The van der Waals surface area contributed by atoms with Crippen LogP contribution in [0.3, 0.4) is 0 Å². The molecule has 0 fully saturated rings. The van der Waals surface area contributed by atoms with E-state index in [1.165, 1.54) is 35.2 Å². The van der Waals surface area contributed by atoms with Crippen molar-refractivity contribution in [3.63, 3.8) is 0 Å². The predicted molar refractivity (Wildman–Crippen MR) is 155 cm³/mol. The Balaban J connectivity index is 2.05. The molecule has 0 aliphatic heterocycles. The predicted octanol–water partition coefficient (Wildman–Crippen LogP) is 5.89. The summed E-state index contributed by atoms with van der Waals surface area (Å²) in [6.45, 7) is 4.75. The quantitative estimate of drug-likeness (QED) is 0.299. The van der Waals surface area contributed by atoms with Gasteiger partial charge in [-0.15, -0.1) is 0 Å². The number of carbonyl (C=O) groups excluding carboxylic acids is 2. The Bertz CT molecular complexity index is 1390. The SMILES string of the molecule is CC(C)NC(=O)C(C)N(Cc1ccc(Br)cc1)C(=O)CN(c1ccc(Cl)cc1Cl)S(=O)(=O)c1ccccc1. The zero-order chi connectivity index (χ0) is 28.0. The van der Waals surface area contributed by atoms with Crippen LogP contribution in [-0.2, 0) is 26.2 Å². The van der Waals surface area contributed by atoms with Crippen LogP contribution < -0.4 is 9.62 Å². The van der Waals surface area contributed by atoms with Crippen LogP contribution in [0, 0.1) is 0 Å². The third-order valence-corrected chi connectivity index (χ3v) is 8.49. The third kappa shape index (κ3) is 7.50. The largest absolute Gasteiger partial charge is 0.352 e. The van der Waals surface area contributed by atoms with Crippen LogP contribution >= 0.6 is 39.1 Å². The standard InChI is InChI=1S/C27H28BrCl2N3O4S/c1-18(2)31-27(35)19(3)32(16-20-9-11-21(28)12-10-20)26(34)17-33(25-14-13-22(29)15-24(25)30)38(36,37)23-7-5-4-6-8-23/h4-15,18-19H,16-17H2,1-3H3,(H,31,35). The maximum Gasteiger partial charge on any atom is 0.264 e. The molecule has 0 aliphatic carbocycles. The Kier molecular flexibility index (Phi) is 10.2. The van der Waals surface area contributed by atoms with Gasteiger partial charge in [0.05, 0.1) is 15.6 Å². The Morgan fingerprint density at radius 3 is 2.16 bits per heavy atom. The first kappa shape index (κ1) is 30.0. The van der Waals surface area contributed by atoms with E-state index in [0.29, 0.717) is 5.02 Å². The molecule has 0 saturated heterocycles. The highest BCUT2D eigenvalue weighted by atomic mass is 79.9. The molecule has 3 aromatic rings. The van der Waals surface area contributed by atoms with E-state index in [4.69, 9.17) is 23.2 Å². The molecule has 0 aromatic heterocycles. The molecule has 0 bridgehead atoms. The fraction of sp³-hybridized carbons (Fsp3) is 0.259. The Morgan fingerprint density at radius 2 is 1.58 bits per heavy atom. The van der Waals surface area contributed by atoms with Gasteiger partial charge in [0.25, 0.3) is 10.0 Å². The van der Waals surface area contributed by atoms with Gasteiger partial charge in [0.15, 0.2) is 0 Å². The lowest BCUT2D eigenvalue weighted by molar-refractivity contribution is -0.139. The second kappa shape index (κ2) is 13.0. The van der Waals surface area contributed by atoms with Gasteiger partial charge in [0.2, 0.25) is 11.8 Å². The first-order valence-corrected chi connectivity index (χ1v) is 14.8. The van der Waals surface area contributed by atoms with Crippen LogP contribution in [-0.4, -0.2) is 43.8 Å². The number of sulfonamides is 1. The molecule has 11 heteroatoms. The number of nitrogens with one attached hydrogen (secondary N) is 1. The van der Waals surface area contributed by atoms with E-state index in [9.17, 15) is 18.0 Å². The normalized spacial score (nSPS) is 12.2. The van der Waals surface area contributed by atoms with Gasteiger partial charge < -0.3 is 10.2 Å². The fourth-order valence-electron chi connectivity index (χ4n) is 3.69. The number of rotatable bonds is 10. The molecule has 7 nitrogen and oxygen atoms in total. The highest BCUT2D eigenvalue weighted by molar-refractivity contribution is 9.10. The number of nitrogens with zero attached hydrogens (tertiary/aromatic N) is 2. The van der Waals surface area contributed by atoms with Gasteiger partial charge in [-0.05, 0) is 68.8 Å². The van der Waals surface area contributed by atoms with E-state index < -0.39 is 28.5 Å². The number of anilines is 1. The molecule has 3 aromatic carbocycles. The van der Waals surface area contributed by atoms with E-state index >= 15 is 0 Å². The van der Waals surface area contributed by atoms with Crippen molar-refractivity contribution in [2.75, 3.05) is 10.8 Å². The minimum Gasteiger partial charge on any atom is -0.352 e. The van der Waals surface area contributed by atoms with Gasteiger partial charge in [0.1, 0.15) is 12.6 Å². The molecule has 0 spiro atoms. The van der Waals surface area contributed by atoms with Crippen LogP contribution in [0.5, 0.6) is 0 Å². The molecule has 0 aliphatic rings. The minimum absolute atomic E-state index is 0.0103. The smallest absolute Gasteiger partial charge is 0.264 e. The number of halogens is 3. The van der Waals surface area contributed by atoms with E-state index in [0.717, 1.165) is 14.3 Å². The van der Waals surface area contributed by atoms with Crippen LogP contribution in [0.1, 0.15) is 26.3 Å². The van der Waals surface area contributed by atoms with Crippen molar-refractivity contribution in [2.45, 2.75) is 44.3 Å². The highest BCUT2D eigenvalue weighted by Gasteiger charge is 2.33. The van der Waals surface area contributed by atoms with Crippen molar-refractivity contribution >= 4 is 66.7 Å². The number of amides is 2. The molecule has 1 unspecified atom stereocenters. The Labute approximate surface area is 241 Å². The average Bonchev–Trinajstić information content (AvgIpc) is 2.87. The van der Waals surface area contributed by atoms with Crippen LogP contribution in [0.4, 0.5) is 5.69 Å². The van der Waals surface area contributed by atoms with Crippen molar-refractivity contribution in [3.05, 3.63) is 92.9 Å². The number of hydrogen-bond acceptors (Lipinski definition) is 4. The van der Waals surface area contributed by atoms with Gasteiger partial charge in [-0.25, -0.2) is 8.42 Å². The number of benzene rings is 3. The van der Waals surface area contributed by atoms with Gasteiger partial charge in [-0.3, -0.25) is 13.9 Å². The highest BCUT2D eigenvalue weighted by Crippen LogP contribution is 2.33. The summed E-state index contributed by atoms with van der Waals surface area (Å²) in [4.78, 5) is 28.1. The molecule has 2 amide bonds.